The second-order valence-electron chi connectivity index (χ2n) is 8.24. The molecule has 0 aliphatic heterocycles. The Morgan fingerprint density at radius 1 is 1.03 bits per heavy atom. The summed E-state index contributed by atoms with van der Waals surface area (Å²) in [5.74, 6) is 0.0206. The molecule has 3 aromatic rings. The van der Waals surface area contributed by atoms with Gasteiger partial charge in [-0.15, -0.1) is 0 Å². The number of urea groups is 1. The van der Waals surface area contributed by atoms with Gasteiger partial charge in [-0.2, -0.15) is 0 Å². The van der Waals surface area contributed by atoms with Crippen LogP contribution in [0.5, 0.6) is 5.75 Å². The number of hydrogen-bond donors (Lipinski definition) is 4. The van der Waals surface area contributed by atoms with Crippen molar-refractivity contribution in [3.8, 4) is 5.75 Å². The third kappa shape index (κ3) is 7.32. The number of carbonyl (C=O) groups excluding carboxylic acids is 3. The molecule has 10 heteroatoms. The molecule has 0 spiro atoms. The maximum atomic E-state index is 12.5. The molecule has 35 heavy (non-hydrogen) atoms. The fraction of sp³-hybridized carbons (Fsp3) is 0.280. The average Bonchev–Trinajstić information content (AvgIpc) is 3.21. The van der Waals surface area contributed by atoms with Gasteiger partial charge in [0.1, 0.15) is 11.5 Å². The Labute approximate surface area is 203 Å². The van der Waals surface area contributed by atoms with Crippen molar-refractivity contribution < 1.29 is 24.2 Å². The summed E-state index contributed by atoms with van der Waals surface area (Å²) in [6, 6.07) is 13.7. The number of primary amides is 1. The van der Waals surface area contributed by atoms with Crippen molar-refractivity contribution in [3.05, 3.63) is 71.2 Å². The molecule has 0 radical (unpaired) electrons. The first-order valence-electron chi connectivity index (χ1n) is 11.3. The van der Waals surface area contributed by atoms with Gasteiger partial charge < -0.3 is 16.0 Å². The van der Waals surface area contributed by atoms with Crippen molar-refractivity contribution in [1.82, 2.24) is 9.97 Å². The van der Waals surface area contributed by atoms with Crippen molar-refractivity contribution in [1.29, 1.82) is 0 Å². The van der Waals surface area contributed by atoms with Crippen LogP contribution in [0.4, 0.5) is 16.3 Å². The molecule has 3 amide bonds. The molecule has 0 fully saturated rings. The molecule has 0 bridgehead atoms. The van der Waals surface area contributed by atoms with Crippen molar-refractivity contribution in [3.63, 3.8) is 0 Å². The zero-order valence-electron chi connectivity index (χ0n) is 19.9. The number of imidazole rings is 1. The van der Waals surface area contributed by atoms with Crippen LogP contribution < -0.4 is 21.3 Å². The van der Waals surface area contributed by atoms with E-state index in [2.05, 4.69) is 34.4 Å². The van der Waals surface area contributed by atoms with E-state index in [0.29, 0.717) is 36.0 Å². The van der Waals surface area contributed by atoms with Gasteiger partial charge >= 0.3 is 12.0 Å². The summed E-state index contributed by atoms with van der Waals surface area (Å²) in [5.41, 5.74) is 8.04. The van der Waals surface area contributed by atoms with Crippen LogP contribution in [-0.4, -0.2) is 27.9 Å². The second-order valence-corrected chi connectivity index (χ2v) is 8.24. The summed E-state index contributed by atoms with van der Waals surface area (Å²) in [4.78, 5) is 52.6. The number of nitrogens with two attached hydrogens (primary N) is 1. The second kappa shape index (κ2) is 11.7. The third-order valence-corrected chi connectivity index (χ3v) is 5.05. The summed E-state index contributed by atoms with van der Waals surface area (Å²) in [7, 11) is 0. The zero-order valence-corrected chi connectivity index (χ0v) is 19.9. The first kappa shape index (κ1) is 25.3. The van der Waals surface area contributed by atoms with Gasteiger partial charge in [0.25, 0.3) is 5.91 Å². The summed E-state index contributed by atoms with van der Waals surface area (Å²) in [6.45, 7) is 6.04. The first-order valence-corrected chi connectivity index (χ1v) is 11.3. The minimum Gasteiger partial charge on any atom is -0.364 e. The lowest BCUT2D eigenvalue weighted by Gasteiger charge is -2.09. The highest BCUT2D eigenvalue weighted by Gasteiger charge is 2.18. The van der Waals surface area contributed by atoms with E-state index in [1.54, 1.807) is 36.4 Å². The Bertz CT molecular complexity index is 1170. The predicted molar refractivity (Wildman–Crippen MR) is 131 cm³/mol. The summed E-state index contributed by atoms with van der Waals surface area (Å²) < 4.78 is 0. The SMILES string of the molecule is CCCC(=O)OOc1ccc(Cc2nc(NC(=O)Nc3ccc(C(C)C)cc3)c(C(N)=O)[nH]2)cc1. The van der Waals surface area contributed by atoms with Crippen LogP contribution in [0.3, 0.4) is 0 Å². The number of anilines is 2. The molecule has 184 valence electrons. The maximum absolute atomic E-state index is 12.5. The van der Waals surface area contributed by atoms with Gasteiger partial charge in [-0.3, -0.25) is 19.9 Å². The average molecular weight is 480 g/mol. The van der Waals surface area contributed by atoms with Crippen LogP contribution in [-0.2, 0) is 16.1 Å². The molecule has 0 atom stereocenters. The quantitative estimate of drug-likeness (QED) is 0.248. The molecule has 1 aromatic heterocycles. The lowest BCUT2D eigenvalue weighted by atomic mass is 10.0. The maximum Gasteiger partial charge on any atom is 0.355 e. The highest BCUT2D eigenvalue weighted by Crippen LogP contribution is 2.20. The van der Waals surface area contributed by atoms with Gasteiger partial charge in [0.05, 0.1) is 0 Å². The number of rotatable bonds is 10. The molecular weight excluding hydrogens is 450 g/mol. The number of amides is 3. The third-order valence-electron chi connectivity index (χ3n) is 5.05. The van der Waals surface area contributed by atoms with Crippen molar-refractivity contribution >= 4 is 29.4 Å². The number of nitrogens with one attached hydrogen (secondary N) is 3. The van der Waals surface area contributed by atoms with Crippen molar-refractivity contribution in [2.45, 2.75) is 46.0 Å². The molecule has 0 aliphatic rings. The van der Waals surface area contributed by atoms with Crippen LogP contribution >= 0.6 is 0 Å². The molecule has 0 unspecified atom stereocenters. The van der Waals surface area contributed by atoms with Crippen LogP contribution in [0.25, 0.3) is 0 Å². The van der Waals surface area contributed by atoms with E-state index in [1.807, 2.05) is 19.1 Å². The fourth-order valence-corrected chi connectivity index (χ4v) is 3.19. The van der Waals surface area contributed by atoms with Crippen molar-refractivity contribution in [2.24, 2.45) is 5.73 Å². The lowest BCUT2D eigenvalue weighted by molar-refractivity contribution is -0.213. The zero-order chi connectivity index (χ0) is 25.4. The summed E-state index contributed by atoms with van der Waals surface area (Å²) in [5, 5.41) is 5.28. The van der Waals surface area contributed by atoms with E-state index < -0.39 is 17.9 Å². The number of aromatic amines is 1. The molecule has 3 rings (SSSR count). The monoisotopic (exact) mass is 479 g/mol. The van der Waals surface area contributed by atoms with Gasteiger partial charge in [-0.05, 0) is 47.7 Å². The van der Waals surface area contributed by atoms with Gasteiger partial charge in [-0.1, -0.05) is 45.0 Å². The molecule has 5 N–H and O–H groups in total. The topological polar surface area (TPSA) is 148 Å². The summed E-state index contributed by atoms with van der Waals surface area (Å²) >= 11 is 0. The molecule has 0 saturated carbocycles. The summed E-state index contributed by atoms with van der Waals surface area (Å²) in [6.07, 6.45) is 1.27. The smallest absolute Gasteiger partial charge is 0.355 e. The molecule has 0 aliphatic carbocycles. The fourth-order valence-electron chi connectivity index (χ4n) is 3.19. The number of benzene rings is 2. The Hall–Kier alpha value is -4.34. The van der Waals surface area contributed by atoms with Gasteiger partial charge in [0, 0.05) is 18.5 Å². The Kier molecular flexibility index (Phi) is 8.44. The Morgan fingerprint density at radius 3 is 2.31 bits per heavy atom. The highest BCUT2D eigenvalue weighted by atomic mass is 17.2. The molecular formula is C25H29N5O5. The van der Waals surface area contributed by atoms with Crippen LogP contribution in [0.15, 0.2) is 48.5 Å². The van der Waals surface area contributed by atoms with E-state index in [9.17, 15) is 14.4 Å². The number of carbonyl (C=O) groups is 3. The van der Waals surface area contributed by atoms with Gasteiger partial charge in [0.2, 0.25) is 0 Å². The standard InChI is InChI=1S/C25H29N5O5/c1-4-5-21(31)35-34-19-12-6-16(7-13-19)14-20-28-22(23(26)32)24(29-20)30-25(33)27-18-10-8-17(9-11-18)15(2)3/h6-13,15H,4-5,14H2,1-3H3,(H2,26,32)(H,28,29)(H2,27,30,33). The minimum atomic E-state index is -0.752. The Balaban J connectivity index is 1.63. The van der Waals surface area contributed by atoms with Crippen LogP contribution in [0, 0.1) is 0 Å². The van der Waals surface area contributed by atoms with Crippen LogP contribution in [0.2, 0.25) is 0 Å². The number of hydrogen-bond acceptors (Lipinski definition) is 6. The van der Waals surface area contributed by atoms with Crippen molar-refractivity contribution in [2.75, 3.05) is 10.6 Å². The lowest BCUT2D eigenvalue weighted by Crippen LogP contribution is -2.22. The highest BCUT2D eigenvalue weighted by molar-refractivity contribution is 6.04. The predicted octanol–water partition coefficient (Wildman–Crippen LogP) is 4.50. The molecule has 1 heterocycles. The van der Waals surface area contributed by atoms with E-state index >= 15 is 0 Å². The Morgan fingerprint density at radius 2 is 1.71 bits per heavy atom. The van der Waals surface area contributed by atoms with E-state index in [-0.39, 0.29) is 17.9 Å². The van der Waals surface area contributed by atoms with Crippen LogP contribution in [0.1, 0.15) is 67.0 Å². The largest absolute Gasteiger partial charge is 0.364 e. The molecule has 10 nitrogen and oxygen atoms in total. The van der Waals surface area contributed by atoms with E-state index in [0.717, 1.165) is 11.1 Å². The van der Waals surface area contributed by atoms with Gasteiger partial charge in [0.15, 0.2) is 11.6 Å². The number of nitrogens with zero attached hydrogens (tertiary/aromatic N) is 1. The first-order chi connectivity index (χ1) is 16.7. The molecule has 0 saturated heterocycles. The molecule has 2 aromatic carbocycles. The van der Waals surface area contributed by atoms with Gasteiger partial charge in [-0.25, -0.2) is 14.6 Å². The number of H-pyrrole nitrogens is 1. The van der Waals surface area contributed by atoms with E-state index in [1.165, 1.54) is 0 Å². The van der Waals surface area contributed by atoms with E-state index in [4.69, 9.17) is 15.5 Å². The minimum absolute atomic E-state index is 0.00639. The normalized spacial score (nSPS) is 10.6. The number of aromatic nitrogens is 2.